The smallest absolute Gasteiger partial charge is 0.355 e. The summed E-state index contributed by atoms with van der Waals surface area (Å²) in [6, 6.07) is 26.6. The number of halogens is 2. The van der Waals surface area contributed by atoms with Gasteiger partial charge in [-0.05, 0) is 54.6 Å². The molecule has 0 bridgehead atoms. The van der Waals surface area contributed by atoms with Gasteiger partial charge in [0, 0.05) is 26.4 Å². The number of nitrogens with one attached hydrogen (secondary N) is 3. The molecule has 0 aliphatic carbocycles. The van der Waals surface area contributed by atoms with Crippen LogP contribution in [0.15, 0.2) is 102 Å². The first-order valence-electron chi connectivity index (χ1n) is 12.6. The molecule has 9 nitrogen and oxygen atoms in total. The molecule has 43 heavy (non-hydrogen) atoms. The highest BCUT2D eigenvalue weighted by Crippen LogP contribution is 2.36. The zero-order valence-corrected chi connectivity index (χ0v) is 24.3. The van der Waals surface area contributed by atoms with Crippen LogP contribution in [0.2, 0.25) is 10.0 Å². The third-order valence-electron chi connectivity index (χ3n) is 5.94. The molecule has 0 saturated heterocycles. The fraction of sp³-hybridized carbons (Fsp3) is 0. The highest BCUT2D eigenvalue weighted by molar-refractivity contribution is 7.21. The Labute approximate surface area is 259 Å². The van der Waals surface area contributed by atoms with E-state index >= 15 is 0 Å². The Kier molecular flexibility index (Phi) is 9.11. The largest absolute Gasteiger partial charge is 0.422 e. The van der Waals surface area contributed by atoms with Crippen molar-refractivity contribution in [3.05, 3.63) is 123 Å². The molecule has 5 aromatic rings. The molecule has 1 heterocycles. The highest BCUT2D eigenvalue weighted by atomic mass is 35.5. The Morgan fingerprint density at radius 3 is 2.26 bits per heavy atom. The van der Waals surface area contributed by atoms with Crippen LogP contribution in [-0.4, -0.2) is 29.9 Å². The number of fused-ring (bicyclic) bond motifs is 1. The van der Waals surface area contributed by atoms with Gasteiger partial charge >= 0.3 is 17.8 Å². The van der Waals surface area contributed by atoms with Crippen molar-refractivity contribution >= 4 is 85.9 Å². The monoisotopic (exact) mass is 630 g/mol. The minimum atomic E-state index is -1.09. The first-order valence-corrected chi connectivity index (χ1v) is 14.2. The average molecular weight is 631 g/mol. The predicted octanol–water partition coefficient (Wildman–Crippen LogP) is 6.77. The summed E-state index contributed by atoms with van der Waals surface area (Å²) in [5, 5.41) is 10.5. The van der Waals surface area contributed by atoms with Crippen molar-refractivity contribution in [3.8, 4) is 5.75 Å². The number of amides is 3. The van der Waals surface area contributed by atoms with Crippen LogP contribution < -0.4 is 20.8 Å². The molecule has 3 N–H and O–H groups in total. The van der Waals surface area contributed by atoms with E-state index in [1.165, 1.54) is 29.7 Å². The molecule has 3 amide bonds. The van der Waals surface area contributed by atoms with E-state index in [0.717, 1.165) is 10.1 Å². The summed E-state index contributed by atoms with van der Waals surface area (Å²) in [5.41, 5.74) is 3.25. The number of nitrogens with zero attached hydrogens (tertiary/aromatic N) is 1. The maximum Gasteiger partial charge on any atom is 0.355 e. The van der Waals surface area contributed by atoms with Gasteiger partial charge in [-0.15, -0.1) is 11.3 Å². The van der Waals surface area contributed by atoms with Crippen molar-refractivity contribution in [3.63, 3.8) is 0 Å². The molecular weight excluding hydrogens is 611 g/mol. The number of hydrogen-bond donors (Lipinski definition) is 3. The standard InChI is InChI=1S/C31H20Cl2N4O5S/c32-19-13-15-20(16-14-19)35-28(38)21-8-2-4-10-23(21)36-29(39)30(40)37-34-17-18-7-1-5-11-24(18)42-31(41)27-26(33)22-9-3-6-12-25(22)43-27/h1-17H,(H,35,38)(H,36,39)(H,37,40)/b34-17+. The lowest BCUT2D eigenvalue weighted by Gasteiger charge is -2.11. The van der Waals surface area contributed by atoms with E-state index < -0.39 is 23.7 Å². The number of carbonyl (C=O) groups excluding carboxylic acids is 4. The van der Waals surface area contributed by atoms with E-state index in [1.807, 2.05) is 24.3 Å². The van der Waals surface area contributed by atoms with Crippen molar-refractivity contribution in [2.45, 2.75) is 0 Å². The van der Waals surface area contributed by atoms with Gasteiger partial charge in [0.05, 0.1) is 22.5 Å². The predicted molar refractivity (Wildman–Crippen MR) is 168 cm³/mol. The maximum absolute atomic E-state index is 12.9. The summed E-state index contributed by atoms with van der Waals surface area (Å²) in [7, 11) is 0. The number of para-hydroxylation sites is 2. The minimum absolute atomic E-state index is 0.121. The van der Waals surface area contributed by atoms with E-state index in [9.17, 15) is 19.2 Å². The molecule has 5 rings (SSSR count). The van der Waals surface area contributed by atoms with E-state index in [-0.39, 0.29) is 21.9 Å². The third-order valence-corrected chi connectivity index (χ3v) is 7.85. The average Bonchev–Trinajstić information content (AvgIpc) is 3.35. The molecule has 0 unspecified atom stereocenters. The van der Waals surface area contributed by atoms with E-state index in [0.29, 0.717) is 21.3 Å². The quantitative estimate of drug-likeness (QED) is 0.0601. The van der Waals surface area contributed by atoms with Crippen LogP contribution in [0.5, 0.6) is 5.75 Å². The topological polar surface area (TPSA) is 126 Å². The normalized spacial score (nSPS) is 10.8. The molecule has 0 radical (unpaired) electrons. The Hall–Kier alpha value is -5.03. The lowest BCUT2D eigenvalue weighted by molar-refractivity contribution is -0.136. The van der Waals surface area contributed by atoms with Crippen LogP contribution in [0.4, 0.5) is 11.4 Å². The molecule has 0 aliphatic heterocycles. The third kappa shape index (κ3) is 7.07. The van der Waals surface area contributed by atoms with Crippen molar-refractivity contribution in [1.29, 1.82) is 0 Å². The molecule has 0 spiro atoms. The summed E-state index contributed by atoms with van der Waals surface area (Å²) < 4.78 is 6.42. The zero-order chi connectivity index (χ0) is 30.3. The van der Waals surface area contributed by atoms with Gasteiger partial charge in [0.25, 0.3) is 5.91 Å². The van der Waals surface area contributed by atoms with E-state index in [1.54, 1.807) is 60.7 Å². The van der Waals surface area contributed by atoms with Crippen molar-refractivity contribution < 1.29 is 23.9 Å². The van der Waals surface area contributed by atoms with E-state index in [2.05, 4.69) is 21.2 Å². The van der Waals surface area contributed by atoms with Gasteiger partial charge in [-0.25, -0.2) is 10.2 Å². The lowest BCUT2D eigenvalue weighted by Crippen LogP contribution is -2.33. The van der Waals surface area contributed by atoms with Gasteiger partial charge in [0.15, 0.2) is 0 Å². The number of hydrazone groups is 1. The van der Waals surface area contributed by atoms with Crippen LogP contribution in [0.25, 0.3) is 10.1 Å². The Balaban J connectivity index is 1.22. The number of esters is 1. The van der Waals surface area contributed by atoms with Crippen molar-refractivity contribution in [2.24, 2.45) is 5.10 Å². The van der Waals surface area contributed by atoms with Crippen LogP contribution >= 0.6 is 34.5 Å². The summed E-state index contributed by atoms with van der Waals surface area (Å²) >= 11 is 13.5. The van der Waals surface area contributed by atoms with Crippen LogP contribution in [0.1, 0.15) is 25.6 Å². The second kappa shape index (κ2) is 13.3. The molecule has 0 aliphatic rings. The fourth-order valence-electron chi connectivity index (χ4n) is 3.88. The molecule has 0 fully saturated rings. The summed E-state index contributed by atoms with van der Waals surface area (Å²) in [4.78, 5) is 51.0. The second-order valence-electron chi connectivity index (χ2n) is 8.83. The highest BCUT2D eigenvalue weighted by Gasteiger charge is 2.20. The summed E-state index contributed by atoms with van der Waals surface area (Å²) in [6.45, 7) is 0. The Morgan fingerprint density at radius 2 is 1.47 bits per heavy atom. The van der Waals surface area contributed by atoms with Crippen LogP contribution in [0, 0.1) is 0 Å². The summed E-state index contributed by atoms with van der Waals surface area (Å²) in [6.07, 6.45) is 1.23. The van der Waals surface area contributed by atoms with Gasteiger partial charge in [-0.2, -0.15) is 5.10 Å². The molecule has 214 valence electrons. The second-order valence-corrected chi connectivity index (χ2v) is 10.7. The van der Waals surface area contributed by atoms with Crippen LogP contribution in [0.3, 0.4) is 0 Å². The number of anilines is 2. The van der Waals surface area contributed by atoms with Crippen molar-refractivity contribution in [2.75, 3.05) is 10.6 Å². The summed E-state index contributed by atoms with van der Waals surface area (Å²) in [5.74, 6) is -3.11. The Bertz CT molecular complexity index is 1890. The number of thiophene rings is 1. The molecule has 12 heteroatoms. The van der Waals surface area contributed by atoms with Gasteiger partial charge in [-0.1, -0.05) is 65.7 Å². The molecule has 0 atom stereocenters. The Morgan fingerprint density at radius 1 is 0.767 bits per heavy atom. The number of rotatable bonds is 7. The molecule has 1 aromatic heterocycles. The first kappa shape index (κ1) is 29.5. The van der Waals surface area contributed by atoms with Crippen LogP contribution in [-0.2, 0) is 9.59 Å². The molecule has 4 aromatic carbocycles. The molecule has 0 saturated carbocycles. The first-order chi connectivity index (χ1) is 20.8. The van der Waals surface area contributed by atoms with Gasteiger partial charge in [-0.3, -0.25) is 14.4 Å². The SMILES string of the molecule is O=C(N/N=C/c1ccccc1OC(=O)c1sc2ccccc2c1Cl)C(=O)Nc1ccccc1C(=O)Nc1ccc(Cl)cc1. The molecular formula is C31H20Cl2N4O5S. The number of carbonyl (C=O) groups is 4. The maximum atomic E-state index is 12.9. The van der Waals surface area contributed by atoms with Gasteiger partial charge < -0.3 is 15.4 Å². The zero-order valence-electron chi connectivity index (χ0n) is 22.0. The van der Waals surface area contributed by atoms with Gasteiger partial charge in [0.1, 0.15) is 10.6 Å². The van der Waals surface area contributed by atoms with Crippen molar-refractivity contribution in [1.82, 2.24) is 5.43 Å². The number of ether oxygens (including phenoxy) is 1. The minimum Gasteiger partial charge on any atom is -0.422 e. The fourth-order valence-corrected chi connectivity index (χ4v) is 5.39. The van der Waals surface area contributed by atoms with E-state index in [4.69, 9.17) is 27.9 Å². The lowest BCUT2D eigenvalue weighted by atomic mass is 10.1. The van der Waals surface area contributed by atoms with Gasteiger partial charge in [0.2, 0.25) is 0 Å². The number of hydrogen-bond acceptors (Lipinski definition) is 7. The number of benzene rings is 4.